The molecule has 0 bridgehead atoms. The molecule has 0 atom stereocenters. The first-order valence-corrected chi connectivity index (χ1v) is 9.44. The smallest absolute Gasteiger partial charge is 0.234 e. The Morgan fingerprint density at radius 3 is 2.61 bits per heavy atom. The molecule has 28 heavy (non-hydrogen) atoms. The number of rotatable bonds is 6. The second-order valence-corrected chi connectivity index (χ2v) is 7.09. The number of carbonyl (C=O) groups excluding carboxylic acids is 1. The van der Waals surface area contributed by atoms with Gasteiger partial charge in [-0.15, -0.1) is 24.0 Å². The van der Waals surface area contributed by atoms with Gasteiger partial charge in [-0.05, 0) is 30.5 Å². The molecule has 7 nitrogen and oxygen atoms in total. The van der Waals surface area contributed by atoms with Crippen LogP contribution in [0.1, 0.15) is 24.0 Å². The normalized spacial score (nSPS) is 17.8. The Balaban J connectivity index is 0.00000280. The lowest BCUT2D eigenvalue weighted by molar-refractivity contribution is -0.122. The summed E-state index contributed by atoms with van der Waals surface area (Å²) in [5, 5.41) is 15.5. The molecule has 1 saturated carbocycles. The zero-order valence-electron chi connectivity index (χ0n) is 16.2. The van der Waals surface area contributed by atoms with E-state index in [-0.39, 0.29) is 36.5 Å². The molecule has 1 aromatic rings. The molecule has 1 aliphatic carbocycles. The number of amides is 1. The number of piperazine rings is 1. The Labute approximate surface area is 182 Å². The molecule has 3 N–H and O–H groups in total. The maximum atomic E-state index is 13.5. The third-order valence-electron chi connectivity index (χ3n) is 4.92. The summed E-state index contributed by atoms with van der Waals surface area (Å²) < 4.78 is 13.5. The summed E-state index contributed by atoms with van der Waals surface area (Å²) in [4.78, 5) is 20.6. The number of halogens is 2. The summed E-state index contributed by atoms with van der Waals surface area (Å²) in [6, 6.07) is 5.13. The van der Waals surface area contributed by atoms with Gasteiger partial charge in [0.25, 0.3) is 0 Å². The first kappa shape index (κ1) is 22.8. The van der Waals surface area contributed by atoms with Crippen molar-refractivity contribution in [2.75, 3.05) is 39.8 Å². The van der Waals surface area contributed by atoms with E-state index in [9.17, 15) is 14.3 Å². The second-order valence-electron chi connectivity index (χ2n) is 7.09. The first-order chi connectivity index (χ1) is 13.1. The predicted octanol–water partition coefficient (Wildman–Crippen LogP) is 0.908. The Bertz CT molecular complexity index is 691. The van der Waals surface area contributed by atoms with E-state index in [4.69, 9.17) is 0 Å². The largest absolute Gasteiger partial charge is 0.392 e. The molecule has 0 aromatic heterocycles. The number of hydrogen-bond donors (Lipinski definition) is 3. The van der Waals surface area contributed by atoms with Crippen molar-refractivity contribution >= 4 is 35.8 Å². The van der Waals surface area contributed by atoms with Gasteiger partial charge in [-0.3, -0.25) is 14.7 Å². The molecular weight excluding hydrogens is 476 g/mol. The standard InChI is InChI=1S/C19H28FN5O2.HI/c1-21-19(22-11-14-2-5-17(20)15(10-14)13-26)25-8-6-24(7-9-25)12-18(27)23-16-3-4-16;/h2,5,10,16,26H,3-4,6-9,11-13H2,1H3,(H,21,22)(H,23,27);1H. The van der Waals surface area contributed by atoms with E-state index >= 15 is 0 Å². The predicted molar refractivity (Wildman–Crippen MR) is 117 cm³/mol. The van der Waals surface area contributed by atoms with Gasteiger partial charge in [0, 0.05) is 51.4 Å². The van der Waals surface area contributed by atoms with Crippen molar-refractivity contribution in [1.82, 2.24) is 20.4 Å². The molecular formula is C19H29FIN5O2. The van der Waals surface area contributed by atoms with Crippen LogP contribution in [0.3, 0.4) is 0 Å². The van der Waals surface area contributed by atoms with Crippen molar-refractivity contribution in [3.63, 3.8) is 0 Å². The molecule has 0 radical (unpaired) electrons. The quantitative estimate of drug-likeness (QED) is 0.305. The van der Waals surface area contributed by atoms with Crippen LogP contribution < -0.4 is 10.6 Å². The lowest BCUT2D eigenvalue weighted by Gasteiger charge is -2.36. The highest BCUT2D eigenvalue weighted by Crippen LogP contribution is 2.18. The minimum Gasteiger partial charge on any atom is -0.392 e. The van der Waals surface area contributed by atoms with Crippen LogP contribution >= 0.6 is 24.0 Å². The second kappa shape index (κ2) is 10.9. The number of aliphatic hydroxyl groups is 1. The minimum atomic E-state index is -0.396. The highest BCUT2D eigenvalue weighted by molar-refractivity contribution is 14.0. The number of nitrogens with zero attached hydrogens (tertiary/aromatic N) is 3. The fraction of sp³-hybridized carbons (Fsp3) is 0.579. The van der Waals surface area contributed by atoms with Crippen LogP contribution in [0.25, 0.3) is 0 Å². The van der Waals surface area contributed by atoms with E-state index in [1.54, 1.807) is 19.2 Å². The molecule has 0 unspecified atom stereocenters. The van der Waals surface area contributed by atoms with Crippen molar-refractivity contribution in [1.29, 1.82) is 0 Å². The maximum absolute atomic E-state index is 13.5. The van der Waals surface area contributed by atoms with Crippen molar-refractivity contribution < 1.29 is 14.3 Å². The van der Waals surface area contributed by atoms with Gasteiger partial charge in [-0.2, -0.15) is 0 Å². The number of benzene rings is 1. The molecule has 1 amide bonds. The lowest BCUT2D eigenvalue weighted by atomic mass is 10.1. The number of aliphatic imine (C=N–C) groups is 1. The Morgan fingerprint density at radius 2 is 2.00 bits per heavy atom. The third-order valence-corrected chi connectivity index (χ3v) is 4.92. The van der Waals surface area contributed by atoms with Crippen LogP contribution in [0.4, 0.5) is 4.39 Å². The fourth-order valence-electron chi connectivity index (χ4n) is 3.19. The van der Waals surface area contributed by atoms with E-state index in [1.165, 1.54) is 6.07 Å². The summed E-state index contributed by atoms with van der Waals surface area (Å²) in [6.45, 7) is 3.85. The molecule has 1 aromatic carbocycles. The lowest BCUT2D eigenvalue weighted by Crippen LogP contribution is -2.54. The van der Waals surface area contributed by atoms with Crippen LogP contribution in [0.2, 0.25) is 0 Å². The van der Waals surface area contributed by atoms with Crippen LogP contribution in [-0.2, 0) is 17.9 Å². The SMILES string of the molecule is CN=C(NCc1ccc(F)c(CO)c1)N1CCN(CC(=O)NC2CC2)CC1.I. The van der Waals surface area contributed by atoms with Gasteiger partial charge in [0.15, 0.2) is 5.96 Å². The summed E-state index contributed by atoms with van der Waals surface area (Å²) in [5.41, 5.74) is 1.18. The van der Waals surface area contributed by atoms with Gasteiger partial charge in [-0.25, -0.2) is 4.39 Å². The molecule has 1 heterocycles. The molecule has 2 fully saturated rings. The highest BCUT2D eigenvalue weighted by Gasteiger charge is 2.25. The zero-order chi connectivity index (χ0) is 19.2. The number of hydrogen-bond acceptors (Lipinski definition) is 4. The van der Waals surface area contributed by atoms with E-state index < -0.39 is 5.82 Å². The highest BCUT2D eigenvalue weighted by atomic mass is 127. The number of guanidine groups is 1. The van der Waals surface area contributed by atoms with Gasteiger partial charge >= 0.3 is 0 Å². The van der Waals surface area contributed by atoms with Crippen molar-refractivity contribution in [2.24, 2.45) is 4.99 Å². The topological polar surface area (TPSA) is 80.2 Å². The van der Waals surface area contributed by atoms with Crippen molar-refractivity contribution in [2.45, 2.75) is 32.0 Å². The summed E-state index contributed by atoms with van der Waals surface area (Å²) in [5.74, 6) is 0.504. The third kappa shape index (κ3) is 6.56. The Kier molecular flexibility index (Phi) is 8.90. The van der Waals surface area contributed by atoms with Gasteiger partial charge in [0.2, 0.25) is 5.91 Å². The molecule has 3 rings (SSSR count). The summed E-state index contributed by atoms with van der Waals surface area (Å²) >= 11 is 0. The fourth-order valence-corrected chi connectivity index (χ4v) is 3.19. The molecule has 156 valence electrons. The zero-order valence-corrected chi connectivity index (χ0v) is 18.5. The average Bonchev–Trinajstić information content (AvgIpc) is 3.48. The monoisotopic (exact) mass is 505 g/mol. The molecule has 1 saturated heterocycles. The number of carbonyl (C=O) groups is 1. The van der Waals surface area contributed by atoms with E-state index in [1.807, 2.05) is 0 Å². The van der Waals surface area contributed by atoms with E-state index in [0.717, 1.165) is 50.5 Å². The van der Waals surface area contributed by atoms with Gasteiger partial charge in [-0.1, -0.05) is 6.07 Å². The van der Waals surface area contributed by atoms with Crippen LogP contribution in [0, 0.1) is 5.82 Å². The Morgan fingerprint density at radius 1 is 1.29 bits per heavy atom. The minimum absolute atomic E-state index is 0. The number of nitrogens with one attached hydrogen (secondary N) is 2. The van der Waals surface area contributed by atoms with Gasteiger partial charge in [0.05, 0.1) is 13.2 Å². The maximum Gasteiger partial charge on any atom is 0.234 e. The summed E-state index contributed by atoms with van der Waals surface area (Å²) in [6.07, 6.45) is 2.21. The molecule has 0 spiro atoms. The Hall–Kier alpha value is -1.46. The van der Waals surface area contributed by atoms with Crippen LogP contribution in [0.5, 0.6) is 0 Å². The van der Waals surface area contributed by atoms with Crippen LogP contribution in [-0.4, -0.2) is 72.6 Å². The summed E-state index contributed by atoms with van der Waals surface area (Å²) in [7, 11) is 1.74. The van der Waals surface area contributed by atoms with Gasteiger partial charge < -0.3 is 20.6 Å². The van der Waals surface area contributed by atoms with Crippen LogP contribution in [0.15, 0.2) is 23.2 Å². The van der Waals surface area contributed by atoms with Crippen molar-refractivity contribution in [3.8, 4) is 0 Å². The van der Waals surface area contributed by atoms with E-state index in [0.29, 0.717) is 24.7 Å². The molecule has 9 heteroatoms. The van der Waals surface area contributed by atoms with Gasteiger partial charge in [0.1, 0.15) is 5.82 Å². The average molecular weight is 505 g/mol. The molecule has 2 aliphatic rings. The molecule has 1 aliphatic heterocycles. The van der Waals surface area contributed by atoms with Crippen molar-refractivity contribution in [3.05, 3.63) is 35.1 Å². The first-order valence-electron chi connectivity index (χ1n) is 9.44. The number of aliphatic hydroxyl groups excluding tert-OH is 1. The van der Waals surface area contributed by atoms with E-state index in [2.05, 4.69) is 25.4 Å².